The fourth-order valence-electron chi connectivity index (χ4n) is 2.40. The van der Waals surface area contributed by atoms with Crippen LogP contribution in [0, 0.1) is 24.7 Å². The predicted molar refractivity (Wildman–Crippen MR) is 90.6 cm³/mol. The van der Waals surface area contributed by atoms with E-state index in [0.29, 0.717) is 5.56 Å². The molecule has 0 aliphatic rings. The largest absolute Gasteiger partial charge is 0.465 e. The maximum atomic E-state index is 12.0. The number of rotatable bonds is 9. The van der Waals surface area contributed by atoms with Crippen LogP contribution in [0.25, 0.3) is 0 Å². The summed E-state index contributed by atoms with van der Waals surface area (Å²) in [4.78, 5) is 12.0. The van der Waals surface area contributed by atoms with Gasteiger partial charge in [-0.1, -0.05) is 12.1 Å². The molecule has 0 bridgehead atoms. The van der Waals surface area contributed by atoms with Gasteiger partial charge in [0.25, 0.3) is 0 Å². The Morgan fingerprint density at radius 3 is 2.27 bits per heavy atom. The standard InChI is InChI=1S/C20H24O2/c1-4-6-8-10-12-17-14-15-18(13-11-9-7-5-2)19(16-17)20(21)22-3/h1-2,14-16H,6-13H2,3H3. The molecule has 0 amide bonds. The topological polar surface area (TPSA) is 26.3 Å². The Balaban J connectivity index is 2.73. The molecular weight excluding hydrogens is 272 g/mol. The molecule has 0 saturated carbocycles. The Morgan fingerprint density at radius 2 is 1.68 bits per heavy atom. The highest BCUT2D eigenvalue weighted by atomic mass is 16.5. The molecule has 0 N–H and O–H groups in total. The van der Waals surface area contributed by atoms with E-state index in [1.165, 1.54) is 7.11 Å². The Kier molecular flexibility index (Phi) is 8.54. The van der Waals surface area contributed by atoms with E-state index in [9.17, 15) is 4.79 Å². The average Bonchev–Trinajstić information content (AvgIpc) is 2.55. The van der Waals surface area contributed by atoms with Gasteiger partial charge < -0.3 is 4.74 Å². The molecule has 0 unspecified atom stereocenters. The molecule has 0 spiro atoms. The number of hydrogen-bond acceptors (Lipinski definition) is 2. The van der Waals surface area contributed by atoms with Gasteiger partial charge in [0, 0.05) is 12.8 Å². The summed E-state index contributed by atoms with van der Waals surface area (Å²) in [5.74, 6) is 5.02. The fourth-order valence-corrected chi connectivity index (χ4v) is 2.40. The third-order valence-corrected chi connectivity index (χ3v) is 3.63. The second kappa shape index (κ2) is 10.5. The molecule has 0 aliphatic heterocycles. The molecule has 0 atom stereocenters. The highest BCUT2D eigenvalue weighted by molar-refractivity contribution is 5.91. The van der Waals surface area contributed by atoms with Crippen LogP contribution in [0.15, 0.2) is 18.2 Å². The third kappa shape index (κ3) is 6.06. The number of carbonyl (C=O) groups is 1. The van der Waals surface area contributed by atoms with E-state index >= 15 is 0 Å². The average molecular weight is 296 g/mol. The van der Waals surface area contributed by atoms with Crippen LogP contribution in [-0.2, 0) is 17.6 Å². The molecule has 1 rings (SSSR count). The lowest BCUT2D eigenvalue weighted by molar-refractivity contribution is 0.0599. The SMILES string of the molecule is C#CCCCCc1ccc(CCCCC#C)c(C(=O)OC)c1. The number of benzene rings is 1. The molecule has 0 aromatic heterocycles. The Labute approximate surface area is 134 Å². The number of carbonyl (C=O) groups excluding carboxylic acids is 1. The summed E-state index contributed by atoms with van der Waals surface area (Å²) < 4.78 is 4.90. The first-order valence-corrected chi connectivity index (χ1v) is 7.80. The van der Waals surface area contributed by atoms with Crippen LogP contribution in [0.2, 0.25) is 0 Å². The smallest absolute Gasteiger partial charge is 0.338 e. The Bertz CT molecular complexity index is 558. The molecule has 116 valence electrons. The molecule has 0 fully saturated rings. The van der Waals surface area contributed by atoms with Gasteiger partial charge in [-0.25, -0.2) is 4.79 Å². The summed E-state index contributed by atoms with van der Waals surface area (Å²) in [5.41, 5.74) is 2.87. The van der Waals surface area contributed by atoms with Gasteiger partial charge in [-0.05, 0) is 55.7 Å². The zero-order valence-electron chi connectivity index (χ0n) is 13.4. The van der Waals surface area contributed by atoms with Crippen LogP contribution in [0.4, 0.5) is 0 Å². The van der Waals surface area contributed by atoms with Gasteiger partial charge in [-0.15, -0.1) is 24.7 Å². The van der Waals surface area contributed by atoms with Gasteiger partial charge in [0.2, 0.25) is 0 Å². The first-order valence-electron chi connectivity index (χ1n) is 7.80. The number of esters is 1. The molecule has 1 aromatic carbocycles. The maximum Gasteiger partial charge on any atom is 0.338 e. The summed E-state index contributed by atoms with van der Waals surface area (Å²) in [6.07, 6.45) is 17.9. The van der Waals surface area contributed by atoms with Crippen LogP contribution >= 0.6 is 0 Å². The first-order chi connectivity index (χ1) is 10.7. The number of terminal acetylenes is 2. The molecule has 22 heavy (non-hydrogen) atoms. The van der Waals surface area contributed by atoms with E-state index in [4.69, 9.17) is 17.6 Å². The second-order valence-corrected chi connectivity index (χ2v) is 5.31. The summed E-state index contributed by atoms with van der Waals surface area (Å²) in [7, 11) is 1.42. The normalized spacial score (nSPS) is 9.77. The number of hydrogen-bond donors (Lipinski definition) is 0. The predicted octanol–water partition coefficient (Wildman–Crippen LogP) is 4.17. The first kappa shape index (κ1) is 17.9. The van der Waals surface area contributed by atoms with Gasteiger partial charge in [0.05, 0.1) is 12.7 Å². The van der Waals surface area contributed by atoms with Crippen molar-refractivity contribution in [3.63, 3.8) is 0 Å². The van der Waals surface area contributed by atoms with E-state index < -0.39 is 0 Å². The summed E-state index contributed by atoms with van der Waals surface area (Å²) in [6.45, 7) is 0. The van der Waals surface area contributed by atoms with Crippen LogP contribution < -0.4 is 0 Å². The minimum Gasteiger partial charge on any atom is -0.465 e. The van der Waals surface area contributed by atoms with Gasteiger partial charge in [0.1, 0.15) is 0 Å². The van der Waals surface area contributed by atoms with Gasteiger partial charge >= 0.3 is 5.97 Å². The van der Waals surface area contributed by atoms with Crippen LogP contribution in [0.3, 0.4) is 0 Å². The highest BCUT2D eigenvalue weighted by Gasteiger charge is 2.12. The highest BCUT2D eigenvalue weighted by Crippen LogP contribution is 2.18. The van der Waals surface area contributed by atoms with Crippen molar-refractivity contribution in [2.45, 2.75) is 51.4 Å². The van der Waals surface area contributed by atoms with E-state index in [0.717, 1.165) is 62.5 Å². The lowest BCUT2D eigenvalue weighted by Gasteiger charge is -2.10. The molecular formula is C20H24O2. The van der Waals surface area contributed by atoms with E-state index in [1.807, 2.05) is 12.1 Å². The minimum absolute atomic E-state index is 0.266. The molecule has 2 nitrogen and oxygen atoms in total. The van der Waals surface area contributed by atoms with Gasteiger partial charge in [-0.3, -0.25) is 0 Å². The van der Waals surface area contributed by atoms with Crippen molar-refractivity contribution in [3.8, 4) is 24.7 Å². The lowest BCUT2D eigenvalue weighted by Crippen LogP contribution is -2.07. The number of ether oxygens (including phenoxy) is 1. The summed E-state index contributed by atoms with van der Waals surface area (Å²) in [5, 5.41) is 0. The van der Waals surface area contributed by atoms with Crippen molar-refractivity contribution < 1.29 is 9.53 Å². The zero-order valence-corrected chi connectivity index (χ0v) is 13.4. The summed E-state index contributed by atoms with van der Waals surface area (Å²) >= 11 is 0. The lowest BCUT2D eigenvalue weighted by atomic mass is 9.97. The van der Waals surface area contributed by atoms with Gasteiger partial charge in [0.15, 0.2) is 0 Å². The number of aryl methyl sites for hydroxylation is 2. The summed E-state index contributed by atoms with van der Waals surface area (Å²) in [6, 6.07) is 6.09. The Morgan fingerprint density at radius 1 is 1.05 bits per heavy atom. The Hall–Kier alpha value is -2.19. The van der Waals surface area contributed by atoms with E-state index in [-0.39, 0.29) is 5.97 Å². The quantitative estimate of drug-likeness (QED) is 0.388. The van der Waals surface area contributed by atoms with Crippen molar-refractivity contribution in [2.24, 2.45) is 0 Å². The molecule has 0 heterocycles. The zero-order chi connectivity index (χ0) is 16.2. The molecule has 0 saturated heterocycles. The van der Waals surface area contributed by atoms with E-state index in [2.05, 4.69) is 17.9 Å². The van der Waals surface area contributed by atoms with Crippen molar-refractivity contribution in [1.29, 1.82) is 0 Å². The fraction of sp³-hybridized carbons (Fsp3) is 0.450. The van der Waals surface area contributed by atoms with Gasteiger partial charge in [-0.2, -0.15) is 0 Å². The van der Waals surface area contributed by atoms with Crippen molar-refractivity contribution in [3.05, 3.63) is 34.9 Å². The molecule has 0 radical (unpaired) electrons. The van der Waals surface area contributed by atoms with Crippen molar-refractivity contribution >= 4 is 5.97 Å². The minimum atomic E-state index is -0.266. The van der Waals surface area contributed by atoms with Crippen LogP contribution in [0.1, 0.15) is 60.0 Å². The molecule has 1 aromatic rings. The van der Waals surface area contributed by atoms with E-state index in [1.54, 1.807) is 0 Å². The second-order valence-electron chi connectivity index (χ2n) is 5.31. The van der Waals surface area contributed by atoms with Crippen molar-refractivity contribution in [1.82, 2.24) is 0 Å². The number of unbranched alkanes of at least 4 members (excludes halogenated alkanes) is 4. The molecule has 0 aliphatic carbocycles. The maximum absolute atomic E-state index is 12.0. The van der Waals surface area contributed by atoms with Crippen LogP contribution in [0.5, 0.6) is 0 Å². The van der Waals surface area contributed by atoms with Crippen LogP contribution in [-0.4, -0.2) is 13.1 Å². The van der Waals surface area contributed by atoms with Crippen molar-refractivity contribution in [2.75, 3.05) is 7.11 Å². The monoisotopic (exact) mass is 296 g/mol. The third-order valence-electron chi connectivity index (χ3n) is 3.63. The molecule has 2 heteroatoms. The number of methoxy groups -OCH3 is 1.